The molecule has 0 aliphatic heterocycles. The summed E-state index contributed by atoms with van der Waals surface area (Å²) in [5, 5.41) is 15.9. The van der Waals surface area contributed by atoms with E-state index in [1.165, 1.54) is 49.7 Å². The second-order valence-corrected chi connectivity index (χ2v) is 8.26. The lowest BCUT2D eigenvalue weighted by Crippen LogP contribution is -2.08. The van der Waals surface area contributed by atoms with Crippen molar-refractivity contribution in [3.8, 4) is 0 Å². The van der Waals surface area contributed by atoms with Crippen LogP contribution in [0.2, 0.25) is 5.02 Å². The van der Waals surface area contributed by atoms with Crippen molar-refractivity contribution in [2.24, 2.45) is 5.16 Å². The molecule has 0 radical (unpaired) electrons. The normalized spacial score (nSPS) is 14.9. The summed E-state index contributed by atoms with van der Waals surface area (Å²) >= 11 is 7.50. The first-order chi connectivity index (χ1) is 13.5. The SMILES string of the molecule is O=C(O/N=C\c1cc([N+](=O)[O-])ccc1SC1CCCCC1)c1ccc(Cl)cc1. The maximum atomic E-state index is 12.0. The highest BCUT2D eigenvalue weighted by Crippen LogP contribution is 2.36. The van der Waals surface area contributed by atoms with E-state index in [1.54, 1.807) is 30.0 Å². The second kappa shape index (κ2) is 9.71. The first-order valence-corrected chi connectivity index (χ1v) is 10.2. The Balaban J connectivity index is 1.74. The zero-order valence-electron chi connectivity index (χ0n) is 15.0. The molecule has 0 N–H and O–H groups in total. The number of carbonyl (C=O) groups excluding carboxylic acids is 1. The first kappa shape index (κ1) is 20.4. The van der Waals surface area contributed by atoms with Crippen LogP contribution in [0.15, 0.2) is 52.5 Å². The number of hydrogen-bond donors (Lipinski definition) is 0. The molecule has 1 aliphatic rings. The molecule has 0 heterocycles. The summed E-state index contributed by atoms with van der Waals surface area (Å²) in [5.74, 6) is -0.625. The molecule has 2 aromatic rings. The van der Waals surface area contributed by atoms with Crippen LogP contribution in [0.1, 0.15) is 48.0 Å². The molecule has 0 atom stereocenters. The van der Waals surface area contributed by atoms with Crippen molar-refractivity contribution in [2.45, 2.75) is 42.2 Å². The van der Waals surface area contributed by atoms with Gasteiger partial charge in [0, 0.05) is 32.9 Å². The van der Waals surface area contributed by atoms with E-state index in [-0.39, 0.29) is 5.69 Å². The number of oxime groups is 1. The highest BCUT2D eigenvalue weighted by atomic mass is 35.5. The van der Waals surface area contributed by atoms with Gasteiger partial charge in [0.1, 0.15) is 0 Å². The smallest absolute Gasteiger partial charge is 0.313 e. The number of rotatable bonds is 6. The van der Waals surface area contributed by atoms with Crippen LogP contribution in [0, 0.1) is 10.1 Å². The zero-order valence-corrected chi connectivity index (χ0v) is 16.6. The largest absolute Gasteiger partial charge is 0.365 e. The minimum atomic E-state index is -0.625. The highest BCUT2D eigenvalue weighted by molar-refractivity contribution is 8.00. The van der Waals surface area contributed by atoms with Gasteiger partial charge in [-0.15, -0.1) is 11.8 Å². The Morgan fingerprint density at radius 1 is 1.18 bits per heavy atom. The molecule has 8 heteroatoms. The zero-order chi connectivity index (χ0) is 19.9. The van der Waals surface area contributed by atoms with E-state index in [1.807, 2.05) is 0 Å². The van der Waals surface area contributed by atoms with Crippen LogP contribution < -0.4 is 0 Å². The fraction of sp³-hybridized carbons (Fsp3) is 0.300. The van der Waals surface area contributed by atoms with Crippen LogP contribution in [0.25, 0.3) is 0 Å². The van der Waals surface area contributed by atoms with E-state index < -0.39 is 10.9 Å². The Morgan fingerprint density at radius 3 is 2.57 bits per heavy atom. The Morgan fingerprint density at radius 2 is 1.89 bits per heavy atom. The van der Waals surface area contributed by atoms with Crippen molar-refractivity contribution < 1.29 is 14.6 Å². The molecule has 1 fully saturated rings. The predicted molar refractivity (Wildman–Crippen MR) is 110 cm³/mol. The molecule has 28 heavy (non-hydrogen) atoms. The van der Waals surface area contributed by atoms with Gasteiger partial charge in [-0.2, -0.15) is 0 Å². The number of halogens is 1. The average Bonchev–Trinajstić information content (AvgIpc) is 2.70. The number of thioether (sulfide) groups is 1. The maximum Gasteiger partial charge on any atom is 0.365 e. The minimum absolute atomic E-state index is 0.0292. The number of nitro groups is 1. The molecule has 0 bridgehead atoms. The summed E-state index contributed by atoms with van der Waals surface area (Å²) in [6, 6.07) is 10.9. The van der Waals surface area contributed by atoms with Gasteiger partial charge in [0.15, 0.2) is 0 Å². The van der Waals surface area contributed by atoms with E-state index in [9.17, 15) is 14.9 Å². The Hall–Kier alpha value is -2.38. The van der Waals surface area contributed by atoms with Crippen molar-refractivity contribution in [3.05, 3.63) is 68.7 Å². The molecule has 146 valence electrons. The van der Waals surface area contributed by atoms with Gasteiger partial charge in [-0.25, -0.2) is 4.79 Å². The van der Waals surface area contributed by atoms with Crippen molar-refractivity contribution in [1.29, 1.82) is 0 Å². The van der Waals surface area contributed by atoms with Gasteiger partial charge in [-0.1, -0.05) is 36.0 Å². The Labute approximate surface area is 172 Å². The first-order valence-electron chi connectivity index (χ1n) is 8.98. The summed E-state index contributed by atoms with van der Waals surface area (Å²) in [6.07, 6.45) is 7.27. The molecular formula is C20H19ClN2O4S. The van der Waals surface area contributed by atoms with Crippen LogP contribution >= 0.6 is 23.4 Å². The lowest BCUT2D eigenvalue weighted by molar-refractivity contribution is -0.384. The molecule has 0 amide bonds. The van der Waals surface area contributed by atoms with Crippen LogP contribution in [0.3, 0.4) is 0 Å². The van der Waals surface area contributed by atoms with Gasteiger partial charge in [-0.3, -0.25) is 10.1 Å². The molecule has 2 aromatic carbocycles. The molecule has 0 aromatic heterocycles. The summed E-state index contributed by atoms with van der Waals surface area (Å²) in [6.45, 7) is 0. The van der Waals surface area contributed by atoms with Crippen molar-refractivity contribution in [1.82, 2.24) is 0 Å². The van der Waals surface area contributed by atoms with Gasteiger partial charge in [0.2, 0.25) is 0 Å². The lowest BCUT2D eigenvalue weighted by atomic mass is 10.0. The van der Waals surface area contributed by atoms with Crippen molar-refractivity contribution >= 4 is 41.2 Å². The number of carbonyl (C=O) groups is 1. The van der Waals surface area contributed by atoms with Crippen LogP contribution in [-0.4, -0.2) is 22.4 Å². The third-order valence-electron chi connectivity index (χ3n) is 4.46. The lowest BCUT2D eigenvalue weighted by Gasteiger charge is -2.21. The average molecular weight is 419 g/mol. The highest BCUT2D eigenvalue weighted by Gasteiger charge is 2.18. The van der Waals surface area contributed by atoms with E-state index in [4.69, 9.17) is 16.4 Å². The Bertz CT molecular complexity index is 880. The third kappa shape index (κ3) is 5.56. The molecule has 3 rings (SSSR count). The van der Waals surface area contributed by atoms with Gasteiger partial charge in [0.25, 0.3) is 5.69 Å². The van der Waals surface area contributed by atoms with Gasteiger partial charge in [0.05, 0.1) is 16.7 Å². The van der Waals surface area contributed by atoms with Crippen LogP contribution in [-0.2, 0) is 4.84 Å². The standard InChI is InChI=1S/C20H19ClN2O4S/c21-16-8-6-14(7-9-16)20(24)27-22-13-15-12-17(23(25)26)10-11-19(15)28-18-4-2-1-3-5-18/h6-13,18H,1-5H2/b22-13-. The van der Waals surface area contributed by atoms with Crippen LogP contribution in [0.4, 0.5) is 5.69 Å². The Kier molecular flexibility index (Phi) is 7.06. The molecule has 6 nitrogen and oxygen atoms in total. The molecule has 0 saturated heterocycles. The quantitative estimate of drug-likeness (QED) is 0.254. The van der Waals surface area contributed by atoms with Gasteiger partial charge < -0.3 is 4.84 Å². The number of hydrogen-bond acceptors (Lipinski definition) is 6. The summed E-state index contributed by atoms with van der Waals surface area (Å²) in [5.41, 5.74) is 0.851. The topological polar surface area (TPSA) is 81.8 Å². The summed E-state index contributed by atoms with van der Waals surface area (Å²) in [4.78, 5) is 28.5. The van der Waals surface area contributed by atoms with E-state index in [0.29, 0.717) is 21.4 Å². The van der Waals surface area contributed by atoms with Crippen molar-refractivity contribution in [2.75, 3.05) is 0 Å². The van der Waals surface area contributed by atoms with Gasteiger partial charge in [-0.05, 0) is 43.2 Å². The molecule has 1 aliphatic carbocycles. The molecule has 0 spiro atoms. The second-order valence-electron chi connectivity index (χ2n) is 6.48. The predicted octanol–water partition coefficient (Wildman–Crippen LogP) is 5.86. The molecular weight excluding hydrogens is 400 g/mol. The minimum Gasteiger partial charge on any atom is -0.313 e. The van der Waals surface area contributed by atoms with Crippen LogP contribution in [0.5, 0.6) is 0 Å². The van der Waals surface area contributed by atoms with E-state index in [0.717, 1.165) is 17.7 Å². The monoisotopic (exact) mass is 418 g/mol. The summed E-state index contributed by atoms with van der Waals surface area (Å²) < 4.78 is 0. The van der Waals surface area contributed by atoms with Gasteiger partial charge >= 0.3 is 5.97 Å². The van der Waals surface area contributed by atoms with Crippen molar-refractivity contribution in [3.63, 3.8) is 0 Å². The van der Waals surface area contributed by atoms with E-state index >= 15 is 0 Å². The fourth-order valence-electron chi connectivity index (χ4n) is 2.99. The number of benzene rings is 2. The molecule has 0 unspecified atom stereocenters. The number of non-ortho nitro benzene ring substituents is 1. The maximum absolute atomic E-state index is 12.0. The molecule has 1 saturated carbocycles. The summed E-state index contributed by atoms with van der Waals surface area (Å²) in [7, 11) is 0. The number of nitro benzene ring substituents is 1. The number of nitrogens with zero attached hydrogens (tertiary/aromatic N) is 2. The fourth-order valence-corrected chi connectivity index (χ4v) is 4.44. The third-order valence-corrected chi connectivity index (χ3v) is 6.14. The van der Waals surface area contributed by atoms with E-state index in [2.05, 4.69) is 5.16 Å².